The summed E-state index contributed by atoms with van der Waals surface area (Å²) in [6.07, 6.45) is 3.55. The van der Waals surface area contributed by atoms with Crippen molar-refractivity contribution in [3.8, 4) is 10.7 Å². The summed E-state index contributed by atoms with van der Waals surface area (Å²) in [6.45, 7) is 4.40. The van der Waals surface area contributed by atoms with Crippen LogP contribution in [-0.2, 0) is 12.3 Å². The molecule has 136 valence electrons. The number of benzene rings is 1. The van der Waals surface area contributed by atoms with Gasteiger partial charge in [-0.15, -0.1) is 28.1 Å². The largest absolute Gasteiger partial charge is 0.397 e. The fourth-order valence-electron chi connectivity index (χ4n) is 2.70. The number of anilines is 1. The van der Waals surface area contributed by atoms with Gasteiger partial charge in [0.05, 0.1) is 10.6 Å². The van der Waals surface area contributed by atoms with E-state index in [1.54, 1.807) is 36.2 Å². The van der Waals surface area contributed by atoms with Crippen LogP contribution in [0.3, 0.4) is 0 Å². The van der Waals surface area contributed by atoms with Crippen molar-refractivity contribution in [1.82, 2.24) is 19.7 Å². The number of halogens is 1. The molecule has 3 aromatic heterocycles. The Morgan fingerprint density at radius 1 is 1.22 bits per heavy atom. The van der Waals surface area contributed by atoms with Crippen molar-refractivity contribution in [3.63, 3.8) is 0 Å². The molecule has 4 rings (SSSR count). The Morgan fingerprint density at radius 3 is 2.78 bits per heavy atom. The molecule has 0 aliphatic rings. The molecule has 5 nitrogen and oxygen atoms in total. The van der Waals surface area contributed by atoms with E-state index in [9.17, 15) is 4.39 Å². The SMILES string of the molecule is C=CCn1c(SCc2ccc(F)cc2)nnc1-c1sc2ncccc2c1N. The first-order valence-corrected chi connectivity index (χ1v) is 10.0. The van der Waals surface area contributed by atoms with E-state index in [-0.39, 0.29) is 5.82 Å². The molecule has 0 radical (unpaired) electrons. The molecule has 0 aliphatic carbocycles. The van der Waals surface area contributed by atoms with Gasteiger partial charge in [-0.1, -0.05) is 30.0 Å². The molecule has 0 saturated heterocycles. The molecule has 0 spiro atoms. The van der Waals surface area contributed by atoms with Gasteiger partial charge in [0.1, 0.15) is 10.6 Å². The van der Waals surface area contributed by atoms with Gasteiger partial charge in [0.25, 0.3) is 0 Å². The molecule has 0 bridgehead atoms. The smallest absolute Gasteiger partial charge is 0.192 e. The second-order valence-electron chi connectivity index (χ2n) is 5.82. The van der Waals surface area contributed by atoms with Gasteiger partial charge < -0.3 is 5.73 Å². The molecule has 0 amide bonds. The summed E-state index contributed by atoms with van der Waals surface area (Å²) in [6, 6.07) is 10.3. The molecule has 0 atom stereocenters. The number of fused-ring (bicyclic) bond motifs is 1. The lowest BCUT2D eigenvalue weighted by atomic mass is 10.2. The van der Waals surface area contributed by atoms with Crippen molar-refractivity contribution in [2.75, 3.05) is 5.73 Å². The van der Waals surface area contributed by atoms with Crippen molar-refractivity contribution in [2.45, 2.75) is 17.5 Å². The topological polar surface area (TPSA) is 69.6 Å². The fraction of sp³-hybridized carbons (Fsp3) is 0.105. The molecule has 2 N–H and O–H groups in total. The normalized spacial score (nSPS) is 11.1. The van der Waals surface area contributed by atoms with Crippen LogP contribution in [0.4, 0.5) is 10.1 Å². The minimum Gasteiger partial charge on any atom is -0.397 e. The maximum absolute atomic E-state index is 13.1. The monoisotopic (exact) mass is 397 g/mol. The summed E-state index contributed by atoms with van der Waals surface area (Å²) in [5.74, 6) is 1.13. The minimum absolute atomic E-state index is 0.241. The number of thiophene rings is 1. The van der Waals surface area contributed by atoms with Crippen molar-refractivity contribution < 1.29 is 4.39 Å². The van der Waals surface area contributed by atoms with E-state index < -0.39 is 0 Å². The molecule has 0 unspecified atom stereocenters. The lowest BCUT2D eigenvalue weighted by Gasteiger charge is -2.07. The average Bonchev–Trinajstić information content (AvgIpc) is 3.23. The van der Waals surface area contributed by atoms with Gasteiger partial charge in [-0.05, 0) is 29.8 Å². The fourth-order valence-corrected chi connectivity index (χ4v) is 4.66. The van der Waals surface area contributed by atoms with Crippen LogP contribution < -0.4 is 5.73 Å². The third kappa shape index (κ3) is 3.45. The van der Waals surface area contributed by atoms with Gasteiger partial charge in [-0.3, -0.25) is 4.57 Å². The Hall–Kier alpha value is -2.71. The predicted octanol–water partition coefficient (Wildman–Crippen LogP) is 4.75. The van der Waals surface area contributed by atoms with E-state index in [1.165, 1.54) is 23.5 Å². The minimum atomic E-state index is -0.241. The predicted molar refractivity (Wildman–Crippen MR) is 109 cm³/mol. The lowest BCUT2D eigenvalue weighted by Crippen LogP contribution is -2.01. The molecule has 0 fully saturated rings. The quantitative estimate of drug-likeness (QED) is 0.375. The summed E-state index contributed by atoms with van der Waals surface area (Å²) in [5, 5.41) is 10.4. The highest BCUT2D eigenvalue weighted by Gasteiger charge is 2.20. The molecule has 8 heteroatoms. The number of pyridine rings is 1. The standard InChI is InChI=1S/C19H16FN5S2/c1-2-10-25-17(16-15(21)14-4-3-9-22-18(14)27-16)23-24-19(25)26-11-12-5-7-13(20)8-6-12/h2-9H,1,10-11,21H2. The molecular formula is C19H16FN5S2. The lowest BCUT2D eigenvalue weighted by molar-refractivity contribution is 0.627. The zero-order valence-corrected chi connectivity index (χ0v) is 15.9. The number of nitrogen functional groups attached to an aromatic ring is 1. The number of rotatable bonds is 6. The highest BCUT2D eigenvalue weighted by atomic mass is 32.2. The second kappa shape index (κ2) is 7.50. The van der Waals surface area contributed by atoms with E-state index in [1.807, 2.05) is 16.7 Å². The number of nitrogens with zero attached hydrogens (tertiary/aromatic N) is 4. The van der Waals surface area contributed by atoms with Crippen LogP contribution in [0.5, 0.6) is 0 Å². The summed E-state index contributed by atoms with van der Waals surface area (Å²) in [7, 11) is 0. The zero-order valence-electron chi connectivity index (χ0n) is 14.3. The van der Waals surface area contributed by atoms with Gasteiger partial charge >= 0.3 is 0 Å². The van der Waals surface area contributed by atoms with E-state index >= 15 is 0 Å². The zero-order chi connectivity index (χ0) is 18.8. The van der Waals surface area contributed by atoms with Crippen LogP contribution in [0.1, 0.15) is 5.56 Å². The molecule has 0 saturated carbocycles. The molecule has 3 heterocycles. The van der Waals surface area contributed by atoms with Crippen LogP contribution in [-0.4, -0.2) is 19.7 Å². The number of nitrogens with two attached hydrogens (primary N) is 1. The summed E-state index contributed by atoms with van der Waals surface area (Å²) in [4.78, 5) is 6.11. The number of thioether (sulfide) groups is 1. The third-order valence-corrected chi connectivity index (χ3v) is 6.18. The first-order valence-electron chi connectivity index (χ1n) is 8.22. The van der Waals surface area contributed by atoms with Gasteiger partial charge in [0, 0.05) is 23.9 Å². The van der Waals surface area contributed by atoms with E-state index in [0.29, 0.717) is 23.8 Å². The van der Waals surface area contributed by atoms with Crippen molar-refractivity contribution in [1.29, 1.82) is 0 Å². The molecule has 27 heavy (non-hydrogen) atoms. The molecular weight excluding hydrogens is 381 g/mol. The van der Waals surface area contributed by atoms with Crippen molar-refractivity contribution in [3.05, 3.63) is 66.6 Å². The van der Waals surface area contributed by atoms with E-state index in [4.69, 9.17) is 5.73 Å². The Balaban J connectivity index is 1.68. The maximum Gasteiger partial charge on any atom is 0.192 e. The highest BCUT2D eigenvalue weighted by molar-refractivity contribution is 7.98. The van der Waals surface area contributed by atoms with Crippen LogP contribution in [0, 0.1) is 5.82 Å². The summed E-state index contributed by atoms with van der Waals surface area (Å²) >= 11 is 3.04. The Kier molecular flexibility index (Phi) is 4.91. The Labute approximate surface area is 163 Å². The van der Waals surface area contributed by atoms with Crippen molar-refractivity contribution >= 4 is 39.0 Å². The Bertz CT molecular complexity index is 1100. The molecule has 4 aromatic rings. The number of allylic oxidation sites excluding steroid dienone is 1. The summed E-state index contributed by atoms with van der Waals surface area (Å²) < 4.78 is 15.1. The number of aromatic nitrogens is 4. The van der Waals surface area contributed by atoms with Crippen LogP contribution in [0.15, 0.2) is 60.4 Å². The van der Waals surface area contributed by atoms with Gasteiger partial charge in [-0.2, -0.15) is 0 Å². The summed E-state index contributed by atoms with van der Waals surface area (Å²) in [5.41, 5.74) is 8.02. The van der Waals surface area contributed by atoms with Gasteiger partial charge in [0.2, 0.25) is 0 Å². The average molecular weight is 398 g/mol. The second-order valence-corrected chi connectivity index (χ2v) is 7.76. The number of hydrogen-bond acceptors (Lipinski definition) is 6. The first-order chi connectivity index (χ1) is 13.2. The highest BCUT2D eigenvalue weighted by Crippen LogP contribution is 2.40. The van der Waals surface area contributed by atoms with Gasteiger partial charge in [-0.25, -0.2) is 9.37 Å². The maximum atomic E-state index is 13.1. The number of hydrogen-bond donors (Lipinski definition) is 1. The Morgan fingerprint density at radius 2 is 2.04 bits per heavy atom. The van der Waals surface area contributed by atoms with E-state index in [2.05, 4.69) is 21.8 Å². The third-order valence-electron chi connectivity index (χ3n) is 4.02. The van der Waals surface area contributed by atoms with Crippen molar-refractivity contribution in [2.24, 2.45) is 0 Å². The first kappa shape index (κ1) is 17.7. The van der Waals surface area contributed by atoms with Gasteiger partial charge in [0.15, 0.2) is 11.0 Å². The molecule has 0 aliphatic heterocycles. The van der Waals surface area contributed by atoms with Crippen LogP contribution in [0.25, 0.3) is 20.9 Å². The molecule has 1 aromatic carbocycles. The van der Waals surface area contributed by atoms with E-state index in [0.717, 1.165) is 25.8 Å². The van der Waals surface area contributed by atoms with Crippen LogP contribution >= 0.6 is 23.1 Å². The van der Waals surface area contributed by atoms with Crippen LogP contribution in [0.2, 0.25) is 0 Å².